The van der Waals surface area contributed by atoms with Gasteiger partial charge in [-0.2, -0.15) is 0 Å². The van der Waals surface area contributed by atoms with E-state index < -0.39 is 0 Å². The number of rotatable bonds is 2. The Labute approximate surface area is 87.9 Å². The molecule has 0 spiro atoms. The van der Waals surface area contributed by atoms with Crippen molar-refractivity contribution < 1.29 is 9.59 Å². The molecule has 0 radical (unpaired) electrons. The van der Waals surface area contributed by atoms with E-state index in [4.69, 9.17) is 0 Å². The summed E-state index contributed by atoms with van der Waals surface area (Å²) >= 11 is 0. The molecule has 1 aromatic carbocycles. The zero-order valence-electron chi connectivity index (χ0n) is 8.49. The molecule has 15 heavy (non-hydrogen) atoms. The Morgan fingerprint density at radius 1 is 1.33 bits per heavy atom. The highest BCUT2D eigenvalue weighted by molar-refractivity contribution is 6.20. The number of aryl methyl sites for hydroxylation is 1. The summed E-state index contributed by atoms with van der Waals surface area (Å²) < 4.78 is 0. The first-order valence-electron chi connectivity index (χ1n) is 4.92. The fourth-order valence-corrected chi connectivity index (χ4v) is 1.69. The number of para-hydroxylation sites is 1. The van der Waals surface area contributed by atoms with Crippen LogP contribution in [0.3, 0.4) is 0 Å². The summed E-state index contributed by atoms with van der Waals surface area (Å²) in [4.78, 5) is 24.2. The van der Waals surface area contributed by atoms with Gasteiger partial charge < -0.3 is 5.32 Å². The quantitative estimate of drug-likeness (QED) is 0.738. The van der Waals surface area contributed by atoms with Crippen LogP contribution in [0.2, 0.25) is 0 Å². The molecule has 1 aliphatic heterocycles. The van der Waals surface area contributed by atoms with Gasteiger partial charge in [-0.25, -0.2) is 9.69 Å². The van der Waals surface area contributed by atoms with Crippen LogP contribution in [0.25, 0.3) is 0 Å². The van der Waals surface area contributed by atoms with Crippen LogP contribution in [-0.4, -0.2) is 18.5 Å². The molecule has 1 saturated heterocycles. The van der Waals surface area contributed by atoms with Gasteiger partial charge in [0.1, 0.15) is 0 Å². The number of nitrogens with one attached hydrogen (secondary N) is 1. The van der Waals surface area contributed by atoms with Crippen molar-refractivity contribution >= 4 is 17.6 Å². The second kappa shape index (κ2) is 3.73. The van der Waals surface area contributed by atoms with Crippen molar-refractivity contribution in [2.45, 2.75) is 13.3 Å². The van der Waals surface area contributed by atoms with Crippen LogP contribution in [0.15, 0.2) is 24.3 Å². The molecule has 1 heterocycles. The first-order valence-corrected chi connectivity index (χ1v) is 4.92. The van der Waals surface area contributed by atoms with Crippen molar-refractivity contribution in [3.05, 3.63) is 29.8 Å². The van der Waals surface area contributed by atoms with Crippen molar-refractivity contribution in [1.29, 1.82) is 0 Å². The van der Waals surface area contributed by atoms with E-state index in [1.807, 2.05) is 25.1 Å². The van der Waals surface area contributed by atoms with Gasteiger partial charge in [-0.05, 0) is 18.1 Å². The van der Waals surface area contributed by atoms with Gasteiger partial charge >= 0.3 is 6.03 Å². The maximum absolute atomic E-state index is 11.5. The SMILES string of the molecule is CCc1ccccc1N1C(=O)CNC1=O. The van der Waals surface area contributed by atoms with E-state index in [9.17, 15) is 9.59 Å². The van der Waals surface area contributed by atoms with Crippen LogP contribution < -0.4 is 10.2 Å². The van der Waals surface area contributed by atoms with Crippen LogP contribution in [0, 0.1) is 0 Å². The second-order valence-electron chi connectivity index (χ2n) is 3.37. The molecule has 1 N–H and O–H groups in total. The smallest absolute Gasteiger partial charge is 0.328 e. The van der Waals surface area contributed by atoms with Gasteiger partial charge in [0.05, 0.1) is 12.2 Å². The maximum Gasteiger partial charge on any atom is 0.329 e. The Morgan fingerprint density at radius 2 is 2.07 bits per heavy atom. The maximum atomic E-state index is 11.5. The standard InChI is InChI=1S/C11H12N2O2/c1-2-8-5-3-4-6-9(8)13-10(14)7-12-11(13)15/h3-6H,2,7H2,1H3,(H,12,15). The molecule has 1 aliphatic rings. The number of carbonyl (C=O) groups is 2. The average Bonchev–Trinajstić information content (AvgIpc) is 2.59. The molecule has 0 atom stereocenters. The minimum Gasteiger partial charge on any atom is -0.328 e. The van der Waals surface area contributed by atoms with E-state index in [0.29, 0.717) is 5.69 Å². The number of amides is 3. The minimum atomic E-state index is -0.332. The number of benzene rings is 1. The molecule has 0 saturated carbocycles. The Kier molecular flexibility index (Phi) is 2.41. The van der Waals surface area contributed by atoms with E-state index >= 15 is 0 Å². The fourth-order valence-electron chi connectivity index (χ4n) is 1.69. The second-order valence-corrected chi connectivity index (χ2v) is 3.37. The van der Waals surface area contributed by atoms with E-state index in [2.05, 4.69) is 5.32 Å². The molecular formula is C11H12N2O2. The van der Waals surface area contributed by atoms with Crippen molar-refractivity contribution in [2.75, 3.05) is 11.4 Å². The van der Waals surface area contributed by atoms with Gasteiger partial charge in [-0.3, -0.25) is 4.79 Å². The summed E-state index contributed by atoms with van der Waals surface area (Å²) in [6.45, 7) is 2.09. The highest BCUT2D eigenvalue weighted by atomic mass is 16.2. The molecule has 0 bridgehead atoms. The number of imide groups is 1. The van der Waals surface area contributed by atoms with E-state index in [1.54, 1.807) is 6.07 Å². The first kappa shape index (κ1) is 9.71. The highest BCUT2D eigenvalue weighted by Crippen LogP contribution is 2.22. The first-order chi connectivity index (χ1) is 7.24. The predicted octanol–water partition coefficient (Wildman–Crippen LogP) is 1.31. The number of hydrogen-bond acceptors (Lipinski definition) is 2. The van der Waals surface area contributed by atoms with Gasteiger partial charge in [0, 0.05) is 0 Å². The van der Waals surface area contributed by atoms with Gasteiger partial charge in [-0.1, -0.05) is 25.1 Å². The van der Waals surface area contributed by atoms with Gasteiger partial charge in [-0.15, -0.1) is 0 Å². The summed E-state index contributed by atoms with van der Waals surface area (Å²) in [7, 11) is 0. The topological polar surface area (TPSA) is 49.4 Å². The lowest BCUT2D eigenvalue weighted by molar-refractivity contribution is -0.115. The molecule has 1 fully saturated rings. The van der Waals surface area contributed by atoms with Gasteiger partial charge in [0.2, 0.25) is 0 Å². The summed E-state index contributed by atoms with van der Waals surface area (Å²) in [5.41, 5.74) is 1.70. The van der Waals surface area contributed by atoms with Crippen molar-refractivity contribution in [2.24, 2.45) is 0 Å². The third-order valence-electron chi connectivity index (χ3n) is 2.46. The number of nitrogens with zero attached hydrogens (tertiary/aromatic N) is 1. The summed E-state index contributed by atoms with van der Waals surface area (Å²) in [6, 6.07) is 7.12. The van der Waals surface area contributed by atoms with E-state index in [0.717, 1.165) is 12.0 Å². The Morgan fingerprint density at radius 3 is 2.67 bits per heavy atom. The summed E-state index contributed by atoms with van der Waals surface area (Å²) in [5.74, 6) is -0.194. The summed E-state index contributed by atoms with van der Waals surface area (Å²) in [5, 5.41) is 2.51. The third kappa shape index (κ3) is 1.58. The minimum absolute atomic E-state index is 0.0941. The van der Waals surface area contributed by atoms with E-state index in [-0.39, 0.29) is 18.5 Å². The normalized spacial score (nSPS) is 15.7. The largest absolute Gasteiger partial charge is 0.329 e. The molecule has 2 rings (SSSR count). The number of hydrogen-bond donors (Lipinski definition) is 1. The monoisotopic (exact) mass is 204 g/mol. The van der Waals surface area contributed by atoms with Gasteiger partial charge in [0.25, 0.3) is 5.91 Å². The lowest BCUT2D eigenvalue weighted by atomic mass is 10.1. The molecule has 0 aromatic heterocycles. The molecule has 0 unspecified atom stereocenters. The summed E-state index contributed by atoms with van der Waals surface area (Å²) in [6.07, 6.45) is 0.799. The molecule has 78 valence electrons. The number of anilines is 1. The van der Waals surface area contributed by atoms with E-state index in [1.165, 1.54) is 4.90 Å². The number of urea groups is 1. The van der Waals surface area contributed by atoms with Crippen molar-refractivity contribution in [3.8, 4) is 0 Å². The van der Waals surface area contributed by atoms with Gasteiger partial charge in [0.15, 0.2) is 0 Å². The zero-order chi connectivity index (χ0) is 10.8. The third-order valence-corrected chi connectivity index (χ3v) is 2.46. The number of carbonyl (C=O) groups excluding carboxylic acids is 2. The lowest BCUT2D eigenvalue weighted by Crippen LogP contribution is -2.31. The van der Waals surface area contributed by atoms with Crippen molar-refractivity contribution in [3.63, 3.8) is 0 Å². The molecule has 3 amide bonds. The molecule has 1 aromatic rings. The zero-order valence-corrected chi connectivity index (χ0v) is 8.49. The van der Waals surface area contributed by atoms with Crippen LogP contribution >= 0.6 is 0 Å². The van der Waals surface area contributed by atoms with Crippen LogP contribution in [0.4, 0.5) is 10.5 Å². The Hall–Kier alpha value is -1.84. The highest BCUT2D eigenvalue weighted by Gasteiger charge is 2.30. The van der Waals surface area contributed by atoms with Crippen LogP contribution in [0.5, 0.6) is 0 Å². The fraction of sp³-hybridized carbons (Fsp3) is 0.273. The van der Waals surface area contributed by atoms with Crippen molar-refractivity contribution in [1.82, 2.24) is 5.32 Å². The lowest BCUT2D eigenvalue weighted by Gasteiger charge is -2.15. The predicted molar refractivity (Wildman–Crippen MR) is 56.7 cm³/mol. The van der Waals surface area contributed by atoms with Crippen LogP contribution in [-0.2, 0) is 11.2 Å². The molecular weight excluding hydrogens is 192 g/mol. The molecule has 4 heteroatoms. The Balaban J connectivity index is 2.44. The Bertz CT molecular complexity index is 399. The van der Waals surface area contributed by atoms with Crippen LogP contribution in [0.1, 0.15) is 12.5 Å². The molecule has 0 aliphatic carbocycles. The average molecular weight is 204 g/mol. The molecule has 4 nitrogen and oxygen atoms in total.